The van der Waals surface area contributed by atoms with Crippen LogP contribution in [0.4, 0.5) is 0 Å². The van der Waals surface area contributed by atoms with E-state index in [4.69, 9.17) is 4.74 Å². The van der Waals surface area contributed by atoms with Crippen molar-refractivity contribution in [3.8, 4) is 0 Å². The zero-order valence-corrected chi connectivity index (χ0v) is 11.4. The van der Waals surface area contributed by atoms with Gasteiger partial charge in [-0.2, -0.15) is 0 Å². The van der Waals surface area contributed by atoms with Gasteiger partial charge in [-0.15, -0.1) is 0 Å². The molecule has 0 bridgehead atoms. The number of carbonyl (C=O) groups is 1. The second-order valence-corrected chi connectivity index (χ2v) is 4.66. The van der Waals surface area contributed by atoms with E-state index in [-0.39, 0.29) is 12.0 Å². The van der Waals surface area contributed by atoms with Crippen LogP contribution in [-0.4, -0.2) is 25.2 Å². The highest BCUT2D eigenvalue weighted by Crippen LogP contribution is 2.10. The fourth-order valence-electron chi connectivity index (χ4n) is 1.91. The van der Waals surface area contributed by atoms with Crippen LogP contribution >= 0.6 is 0 Å². The Morgan fingerprint density at radius 2 is 2.28 bits per heavy atom. The Bertz CT molecular complexity index is 278. The normalized spacial score (nSPS) is 19.9. The molecule has 3 heteroatoms. The molecule has 1 fully saturated rings. The first-order valence-electron chi connectivity index (χ1n) is 7.05. The van der Waals surface area contributed by atoms with Crippen molar-refractivity contribution >= 4 is 5.91 Å². The smallest absolute Gasteiger partial charge is 0.244 e. The number of hydrogen-bond acceptors (Lipinski definition) is 2. The summed E-state index contributed by atoms with van der Waals surface area (Å²) in [6, 6.07) is 0. The summed E-state index contributed by atoms with van der Waals surface area (Å²) in [6.07, 6.45) is 14.7. The number of hydrogen-bond donors (Lipinski definition) is 1. The third kappa shape index (κ3) is 7.28. The molecule has 0 saturated carbocycles. The Labute approximate surface area is 110 Å². The van der Waals surface area contributed by atoms with Crippen molar-refractivity contribution in [1.29, 1.82) is 0 Å². The van der Waals surface area contributed by atoms with Crippen LogP contribution in [0.25, 0.3) is 0 Å². The first-order chi connectivity index (χ1) is 8.83. The van der Waals surface area contributed by atoms with Gasteiger partial charge in [-0.3, -0.25) is 4.79 Å². The number of allylic oxidation sites excluding steroid dienone is 3. The summed E-state index contributed by atoms with van der Waals surface area (Å²) in [7, 11) is 0. The van der Waals surface area contributed by atoms with Gasteiger partial charge in [0.25, 0.3) is 0 Å². The largest absolute Gasteiger partial charge is 0.376 e. The molecule has 1 rings (SSSR count). The molecule has 0 aliphatic carbocycles. The van der Waals surface area contributed by atoms with E-state index in [1.807, 2.05) is 6.08 Å². The van der Waals surface area contributed by atoms with E-state index in [0.717, 1.165) is 25.9 Å². The first kappa shape index (κ1) is 15.0. The van der Waals surface area contributed by atoms with Gasteiger partial charge in [0.1, 0.15) is 0 Å². The molecule has 0 aromatic carbocycles. The molecule has 1 N–H and O–H groups in total. The summed E-state index contributed by atoms with van der Waals surface area (Å²) in [5.74, 6) is -0.0382. The predicted molar refractivity (Wildman–Crippen MR) is 74.4 cm³/mol. The number of amides is 1. The average molecular weight is 251 g/mol. The van der Waals surface area contributed by atoms with Crippen LogP contribution in [0, 0.1) is 0 Å². The lowest BCUT2D eigenvalue weighted by Crippen LogP contribution is -2.30. The second kappa shape index (κ2) is 9.89. The fraction of sp³-hybridized carbons (Fsp3) is 0.667. The van der Waals surface area contributed by atoms with Crippen LogP contribution < -0.4 is 5.32 Å². The van der Waals surface area contributed by atoms with Crippen molar-refractivity contribution in [2.45, 2.75) is 51.6 Å². The van der Waals surface area contributed by atoms with E-state index in [2.05, 4.69) is 18.3 Å². The van der Waals surface area contributed by atoms with Gasteiger partial charge in [0.15, 0.2) is 0 Å². The highest BCUT2D eigenvalue weighted by Gasteiger charge is 2.15. The zero-order chi connectivity index (χ0) is 13.1. The van der Waals surface area contributed by atoms with E-state index >= 15 is 0 Å². The Hall–Kier alpha value is -1.09. The van der Waals surface area contributed by atoms with Gasteiger partial charge in [0.2, 0.25) is 5.91 Å². The highest BCUT2D eigenvalue weighted by atomic mass is 16.5. The summed E-state index contributed by atoms with van der Waals surface area (Å²) < 4.78 is 5.43. The van der Waals surface area contributed by atoms with Crippen LogP contribution in [-0.2, 0) is 9.53 Å². The van der Waals surface area contributed by atoms with Gasteiger partial charge < -0.3 is 10.1 Å². The zero-order valence-electron chi connectivity index (χ0n) is 11.4. The molecule has 0 aromatic heterocycles. The van der Waals surface area contributed by atoms with Crippen molar-refractivity contribution in [3.05, 3.63) is 24.3 Å². The molecule has 0 radical (unpaired) electrons. The second-order valence-electron chi connectivity index (χ2n) is 4.66. The maximum Gasteiger partial charge on any atom is 0.244 e. The third-order valence-corrected chi connectivity index (χ3v) is 3.00. The Kier molecular flexibility index (Phi) is 8.23. The summed E-state index contributed by atoms with van der Waals surface area (Å²) in [5, 5.41) is 2.85. The van der Waals surface area contributed by atoms with Crippen molar-refractivity contribution in [1.82, 2.24) is 5.32 Å². The van der Waals surface area contributed by atoms with E-state index in [9.17, 15) is 4.79 Å². The minimum atomic E-state index is -0.0382. The van der Waals surface area contributed by atoms with E-state index in [1.165, 1.54) is 19.3 Å². The minimum Gasteiger partial charge on any atom is -0.376 e. The number of rotatable bonds is 8. The molecule has 1 amide bonds. The minimum absolute atomic E-state index is 0.0382. The van der Waals surface area contributed by atoms with Gasteiger partial charge >= 0.3 is 0 Å². The van der Waals surface area contributed by atoms with E-state index < -0.39 is 0 Å². The molecular formula is C15H25NO2. The molecule has 1 atom stereocenters. The lowest BCUT2D eigenvalue weighted by Gasteiger charge is -2.08. The molecule has 1 aliphatic rings. The summed E-state index contributed by atoms with van der Waals surface area (Å²) in [6.45, 7) is 3.66. The van der Waals surface area contributed by atoms with E-state index in [1.54, 1.807) is 12.2 Å². The van der Waals surface area contributed by atoms with Crippen LogP contribution in [0.5, 0.6) is 0 Å². The molecule has 0 aromatic rings. The monoisotopic (exact) mass is 251 g/mol. The molecule has 1 saturated heterocycles. The molecule has 18 heavy (non-hydrogen) atoms. The SMILES string of the molecule is CCCCCC=CC=CC(=O)NCC1CCCO1. The van der Waals surface area contributed by atoms with E-state index in [0.29, 0.717) is 6.54 Å². The average Bonchev–Trinajstić information content (AvgIpc) is 2.88. The number of ether oxygens (including phenoxy) is 1. The van der Waals surface area contributed by atoms with Crippen LogP contribution in [0.1, 0.15) is 45.4 Å². The topological polar surface area (TPSA) is 38.3 Å². The quantitative estimate of drug-likeness (QED) is 0.409. The molecule has 1 unspecified atom stereocenters. The molecule has 3 nitrogen and oxygen atoms in total. The number of nitrogens with one attached hydrogen (secondary N) is 1. The maximum absolute atomic E-state index is 11.4. The lowest BCUT2D eigenvalue weighted by atomic mass is 10.2. The molecule has 1 heterocycles. The van der Waals surface area contributed by atoms with Crippen LogP contribution in [0.3, 0.4) is 0 Å². The summed E-state index contributed by atoms with van der Waals surface area (Å²) in [4.78, 5) is 11.4. The summed E-state index contributed by atoms with van der Waals surface area (Å²) in [5.41, 5.74) is 0. The molecular weight excluding hydrogens is 226 g/mol. The van der Waals surface area contributed by atoms with Crippen LogP contribution in [0.2, 0.25) is 0 Å². The Morgan fingerprint density at radius 1 is 1.39 bits per heavy atom. The Balaban J connectivity index is 2.03. The maximum atomic E-state index is 11.4. The number of carbonyl (C=O) groups excluding carboxylic acids is 1. The van der Waals surface area contributed by atoms with Crippen molar-refractivity contribution in [3.63, 3.8) is 0 Å². The standard InChI is InChI=1S/C15H25NO2/c1-2-3-4-5-6-7-8-11-15(17)16-13-14-10-9-12-18-14/h6-8,11,14H,2-5,9-10,12-13H2,1H3,(H,16,17). The van der Waals surface area contributed by atoms with Crippen molar-refractivity contribution < 1.29 is 9.53 Å². The Morgan fingerprint density at radius 3 is 3.00 bits per heavy atom. The number of unbranched alkanes of at least 4 members (excludes halogenated alkanes) is 3. The fourth-order valence-corrected chi connectivity index (χ4v) is 1.91. The van der Waals surface area contributed by atoms with Gasteiger partial charge in [-0.05, 0) is 25.7 Å². The van der Waals surface area contributed by atoms with Gasteiger partial charge in [0.05, 0.1) is 6.10 Å². The third-order valence-electron chi connectivity index (χ3n) is 3.00. The lowest BCUT2D eigenvalue weighted by molar-refractivity contribution is -0.117. The summed E-state index contributed by atoms with van der Waals surface area (Å²) >= 11 is 0. The molecule has 1 aliphatic heterocycles. The van der Waals surface area contributed by atoms with Gasteiger partial charge in [0, 0.05) is 19.2 Å². The van der Waals surface area contributed by atoms with Gasteiger partial charge in [-0.1, -0.05) is 38.0 Å². The van der Waals surface area contributed by atoms with Crippen molar-refractivity contribution in [2.24, 2.45) is 0 Å². The molecule has 102 valence electrons. The highest BCUT2D eigenvalue weighted by molar-refractivity contribution is 5.87. The first-order valence-corrected chi connectivity index (χ1v) is 7.05. The predicted octanol–water partition coefficient (Wildman–Crippen LogP) is 2.97. The van der Waals surface area contributed by atoms with Crippen LogP contribution in [0.15, 0.2) is 24.3 Å². The van der Waals surface area contributed by atoms with Crippen molar-refractivity contribution in [2.75, 3.05) is 13.2 Å². The van der Waals surface area contributed by atoms with Gasteiger partial charge in [-0.25, -0.2) is 0 Å². The molecule has 0 spiro atoms.